The molecule has 1 atom stereocenters. The van der Waals surface area contributed by atoms with Gasteiger partial charge in [0.1, 0.15) is 0 Å². The van der Waals surface area contributed by atoms with E-state index in [4.69, 9.17) is 4.99 Å². The number of rotatable bonds is 7. The van der Waals surface area contributed by atoms with E-state index in [0.717, 1.165) is 45.1 Å². The van der Waals surface area contributed by atoms with Gasteiger partial charge in [-0.3, -0.25) is 9.89 Å². The first-order valence-electron chi connectivity index (χ1n) is 8.98. The summed E-state index contributed by atoms with van der Waals surface area (Å²) in [5.41, 5.74) is 1.37. The molecule has 4 nitrogen and oxygen atoms in total. The van der Waals surface area contributed by atoms with Gasteiger partial charge in [0.2, 0.25) is 0 Å². The number of benzene rings is 1. The normalized spacial score (nSPS) is 16.2. The molecule has 1 N–H and O–H groups in total. The molecule has 0 amide bonds. The van der Waals surface area contributed by atoms with Gasteiger partial charge in [-0.2, -0.15) is 0 Å². The van der Waals surface area contributed by atoms with Gasteiger partial charge in [-0.1, -0.05) is 30.3 Å². The van der Waals surface area contributed by atoms with E-state index in [1.165, 1.54) is 18.4 Å². The third kappa shape index (κ3) is 6.97. The smallest absolute Gasteiger partial charge is 0.193 e. The second-order valence-corrected chi connectivity index (χ2v) is 6.47. The van der Waals surface area contributed by atoms with Gasteiger partial charge < -0.3 is 10.2 Å². The van der Waals surface area contributed by atoms with Crippen molar-refractivity contribution in [3.8, 4) is 0 Å². The fourth-order valence-corrected chi connectivity index (χ4v) is 2.96. The Morgan fingerprint density at radius 3 is 2.54 bits per heavy atom. The van der Waals surface area contributed by atoms with E-state index in [0.29, 0.717) is 6.04 Å². The average molecular weight is 444 g/mol. The highest BCUT2D eigenvalue weighted by Crippen LogP contribution is 2.10. The maximum absolute atomic E-state index is 4.83. The largest absolute Gasteiger partial charge is 0.357 e. The predicted molar refractivity (Wildman–Crippen MR) is 114 cm³/mol. The van der Waals surface area contributed by atoms with E-state index in [9.17, 15) is 0 Å². The van der Waals surface area contributed by atoms with E-state index in [1.807, 2.05) is 0 Å². The number of guanidine groups is 1. The molecular formula is C19H33IN4. The van der Waals surface area contributed by atoms with Crippen LogP contribution in [0.25, 0.3) is 0 Å². The summed E-state index contributed by atoms with van der Waals surface area (Å²) < 4.78 is 0. The number of likely N-dealkylation sites (tertiary alicyclic amines) is 1. The van der Waals surface area contributed by atoms with Gasteiger partial charge in [-0.15, -0.1) is 24.0 Å². The SMILES string of the molecule is CCNC(=NCCC(C)N(C)Cc1ccccc1)N1CCCC1.I. The second kappa shape index (κ2) is 11.7. The van der Waals surface area contributed by atoms with Crippen molar-refractivity contribution in [2.75, 3.05) is 33.2 Å². The Bertz CT molecular complexity index is 472. The van der Waals surface area contributed by atoms with E-state index in [1.54, 1.807) is 0 Å². The van der Waals surface area contributed by atoms with Crippen LogP contribution < -0.4 is 5.32 Å². The van der Waals surface area contributed by atoms with Gasteiger partial charge in [0, 0.05) is 38.8 Å². The summed E-state index contributed by atoms with van der Waals surface area (Å²) >= 11 is 0. The Labute approximate surface area is 164 Å². The van der Waals surface area contributed by atoms with Crippen molar-refractivity contribution < 1.29 is 0 Å². The molecule has 1 unspecified atom stereocenters. The molecule has 1 aliphatic rings. The Morgan fingerprint density at radius 1 is 1.25 bits per heavy atom. The highest BCUT2D eigenvalue weighted by atomic mass is 127. The second-order valence-electron chi connectivity index (χ2n) is 6.47. The van der Waals surface area contributed by atoms with Crippen molar-refractivity contribution >= 4 is 29.9 Å². The first-order valence-corrected chi connectivity index (χ1v) is 8.98. The van der Waals surface area contributed by atoms with Crippen molar-refractivity contribution in [3.05, 3.63) is 35.9 Å². The number of hydrogen-bond donors (Lipinski definition) is 1. The van der Waals surface area contributed by atoms with Gasteiger partial charge in [0.25, 0.3) is 0 Å². The lowest BCUT2D eigenvalue weighted by Gasteiger charge is -2.25. The predicted octanol–water partition coefficient (Wildman–Crippen LogP) is 3.58. The summed E-state index contributed by atoms with van der Waals surface area (Å²) in [7, 11) is 2.20. The first-order chi connectivity index (χ1) is 11.2. The molecule has 5 heteroatoms. The third-order valence-electron chi connectivity index (χ3n) is 4.58. The molecule has 1 aliphatic heterocycles. The molecule has 0 aromatic heterocycles. The topological polar surface area (TPSA) is 30.9 Å². The Hall–Kier alpha value is -0.820. The number of nitrogens with zero attached hydrogens (tertiary/aromatic N) is 3. The molecular weight excluding hydrogens is 411 g/mol. The van der Waals surface area contributed by atoms with Crippen LogP contribution in [0.5, 0.6) is 0 Å². The Balaban J connectivity index is 0.00000288. The van der Waals surface area contributed by atoms with Crippen LogP contribution in [0.1, 0.15) is 38.7 Å². The van der Waals surface area contributed by atoms with Crippen molar-refractivity contribution in [3.63, 3.8) is 0 Å². The molecule has 2 rings (SSSR count). The van der Waals surface area contributed by atoms with Crippen molar-refractivity contribution in [1.82, 2.24) is 15.1 Å². The Kier molecular flexibility index (Phi) is 10.3. The van der Waals surface area contributed by atoms with Crippen molar-refractivity contribution in [2.24, 2.45) is 4.99 Å². The molecule has 1 saturated heterocycles. The Morgan fingerprint density at radius 2 is 1.92 bits per heavy atom. The van der Waals surface area contributed by atoms with Crippen LogP contribution in [0.15, 0.2) is 35.3 Å². The lowest BCUT2D eigenvalue weighted by atomic mass is 10.1. The number of aliphatic imine (C=N–C) groups is 1. The van der Waals surface area contributed by atoms with Gasteiger partial charge in [0.05, 0.1) is 0 Å². The summed E-state index contributed by atoms with van der Waals surface area (Å²) in [6.07, 6.45) is 3.67. The van der Waals surface area contributed by atoms with Crippen LogP contribution in [-0.4, -0.2) is 55.0 Å². The van der Waals surface area contributed by atoms with Gasteiger partial charge in [-0.05, 0) is 45.7 Å². The molecule has 1 heterocycles. The highest BCUT2D eigenvalue weighted by molar-refractivity contribution is 14.0. The van der Waals surface area contributed by atoms with E-state index in [2.05, 4.69) is 66.3 Å². The highest BCUT2D eigenvalue weighted by Gasteiger charge is 2.15. The van der Waals surface area contributed by atoms with E-state index >= 15 is 0 Å². The number of hydrogen-bond acceptors (Lipinski definition) is 2. The van der Waals surface area contributed by atoms with Crippen LogP contribution in [0.4, 0.5) is 0 Å². The van der Waals surface area contributed by atoms with Gasteiger partial charge >= 0.3 is 0 Å². The van der Waals surface area contributed by atoms with Crippen LogP contribution in [-0.2, 0) is 6.54 Å². The van der Waals surface area contributed by atoms with Crippen molar-refractivity contribution in [2.45, 2.75) is 45.7 Å². The van der Waals surface area contributed by atoms with Crippen LogP contribution in [0.2, 0.25) is 0 Å². The molecule has 1 aromatic carbocycles. The maximum Gasteiger partial charge on any atom is 0.193 e. The summed E-state index contributed by atoms with van der Waals surface area (Å²) in [5, 5.41) is 3.43. The zero-order valence-corrected chi connectivity index (χ0v) is 17.7. The first kappa shape index (κ1) is 21.2. The van der Waals surface area contributed by atoms with E-state index < -0.39 is 0 Å². The molecule has 1 aromatic rings. The molecule has 0 spiro atoms. The minimum atomic E-state index is 0. The molecule has 1 fully saturated rings. The average Bonchev–Trinajstić information content (AvgIpc) is 3.09. The van der Waals surface area contributed by atoms with Gasteiger partial charge in [0.15, 0.2) is 5.96 Å². The maximum atomic E-state index is 4.83. The summed E-state index contributed by atoms with van der Waals surface area (Å²) in [6.45, 7) is 9.56. The fraction of sp³-hybridized carbons (Fsp3) is 0.632. The van der Waals surface area contributed by atoms with Gasteiger partial charge in [-0.25, -0.2) is 0 Å². The molecule has 0 aliphatic carbocycles. The molecule has 0 bridgehead atoms. The minimum Gasteiger partial charge on any atom is -0.357 e. The molecule has 0 radical (unpaired) electrons. The van der Waals surface area contributed by atoms with Crippen LogP contribution in [0, 0.1) is 0 Å². The quantitative estimate of drug-likeness (QED) is 0.396. The number of nitrogens with one attached hydrogen (secondary N) is 1. The third-order valence-corrected chi connectivity index (χ3v) is 4.58. The molecule has 24 heavy (non-hydrogen) atoms. The monoisotopic (exact) mass is 444 g/mol. The van der Waals surface area contributed by atoms with Crippen LogP contribution in [0.3, 0.4) is 0 Å². The standard InChI is InChI=1S/C19H32N4.HI/c1-4-20-19(23-14-8-9-15-23)21-13-12-17(2)22(3)16-18-10-6-5-7-11-18;/h5-7,10-11,17H,4,8-9,12-16H2,1-3H3,(H,20,21);1H. The fourth-order valence-electron chi connectivity index (χ4n) is 2.96. The summed E-state index contributed by atoms with van der Waals surface area (Å²) in [5.74, 6) is 1.10. The zero-order chi connectivity index (χ0) is 16.5. The zero-order valence-electron chi connectivity index (χ0n) is 15.4. The lowest BCUT2D eigenvalue weighted by molar-refractivity contribution is 0.240. The lowest BCUT2D eigenvalue weighted by Crippen LogP contribution is -2.40. The van der Waals surface area contributed by atoms with E-state index in [-0.39, 0.29) is 24.0 Å². The summed E-state index contributed by atoms with van der Waals surface area (Å²) in [4.78, 5) is 9.63. The molecule has 136 valence electrons. The van der Waals surface area contributed by atoms with Crippen LogP contribution >= 0.6 is 24.0 Å². The summed E-state index contributed by atoms with van der Waals surface area (Å²) in [6, 6.07) is 11.2. The minimum absolute atomic E-state index is 0. The van der Waals surface area contributed by atoms with Crippen molar-refractivity contribution in [1.29, 1.82) is 0 Å². The molecule has 0 saturated carbocycles. The number of halogens is 1.